The van der Waals surface area contributed by atoms with Gasteiger partial charge in [-0.05, 0) is 12.8 Å². The molecule has 4 unspecified atom stereocenters. The lowest BCUT2D eigenvalue weighted by Gasteiger charge is -2.27. The number of nitrogens with zero attached hydrogens (tertiary/aromatic N) is 2. The number of carbonyl (C=O) groups excluding carboxylic acids is 4. The van der Waals surface area contributed by atoms with Crippen LogP contribution in [0.5, 0.6) is 0 Å². The second-order valence-corrected chi connectivity index (χ2v) is 9.51. The second kappa shape index (κ2) is 5.80. The Kier molecular flexibility index (Phi) is 4.21. The molecule has 2 saturated heterocycles. The monoisotopic (exact) mass is 410 g/mol. The molecule has 4 atom stereocenters. The van der Waals surface area contributed by atoms with Crippen LogP contribution < -0.4 is 0 Å². The van der Waals surface area contributed by atoms with Gasteiger partial charge in [0.25, 0.3) is 43.9 Å². The average molecular weight is 410 g/mol. The Morgan fingerprint density at radius 3 is 1.08 bits per heavy atom. The predicted octanol–water partition coefficient (Wildman–Crippen LogP) is -2.23. The Balaban J connectivity index is 1.86. The Labute approximate surface area is 148 Å². The van der Waals surface area contributed by atoms with Crippen molar-refractivity contribution in [2.75, 3.05) is 12.5 Å². The van der Waals surface area contributed by atoms with Crippen molar-refractivity contribution in [1.82, 2.24) is 10.1 Å². The van der Waals surface area contributed by atoms with E-state index >= 15 is 0 Å². The van der Waals surface area contributed by atoms with Crippen LogP contribution >= 0.6 is 0 Å². The SMILES string of the molecule is CS(=O)(=O)ON1C(=O)C2CC3C(=O)N(OS(C)(=O)=O)C(=O)C3CC2C1=O. The predicted molar refractivity (Wildman–Crippen MR) is 78.8 cm³/mol. The zero-order chi connectivity index (χ0) is 19.6. The van der Waals surface area contributed by atoms with Gasteiger partial charge in [-0.3, -0.25) is 19.2 Å². The van der Waals surface area contributed by atoms with Gasteiger partial charge in [0.1, 0.15) is 0 Å². The summed E-state index contributed by atoms with van der Waals surface area (Å²) in [5.74, 6) is -7.86. The molecule has 0 bridgehead atoms. The lowest BCUT2D eigenvalue weighted by atomic mass is 9.70. The van der Waals surface area contributed by atoms with Gasteiger partial charge in [0.15, 0.2) is 0 Å². The van der Waals surface area contributed by atoms with E-state index in [2.05, 4.69) is 8.57 Å². The Morgan fingerprint density at radius 2 is 0.885 bits per heavy atom. The number of amides is 4. The van der Waals surface area contributed by atoms with Crippen LogP contribution in [0.2, 0.25) is 0 Å². The molecule has 3 aliphatic rings. The minimum atomic E-state index is -4.13. The van der Waals surface area contributed by atoms with Gasteiger partial charge in [-0.1, -0.05) is 0 Å². The van der Waals surface area contributed by atoms with E-state index in [9.17, 15) is 36.0 Å². The fraction of sp³-hybridized carbons (Fsp3) is 0.667. The highest BCUT2D eigenvalue weighted by molar-refractivity contribution is 7.86. The van der Waals surface area contributed by atoms with Crippen molar-refractivity contribution in [3.05, 3.63) is 0 Å². The van der Waals surface area contributed by atoms with Crippen LogP contribution in [0.3, 0.4) is 0 Å². The van der Waals surface area contributed by atoms with Crippen LogP contribution in [0.15, 0.2) is 0 Å². The third kappa shape index (κ3) is 3.13. The summed E-state index contributed by atoms with van der Waals surface area (Å²) in [7, 11) is -8.26. The summed E-state index contributed by atoms with van der Waals surface area (Å²) in [6, 6.07) is 0. The molecule has 26 heavy (non-hydrogen) atoms. The maximum atomic E-state index is 12.3. The van der Waals surface area contributed by atoms with Gasteiger partial charge in [0.05, 0.1) is 36.2 Å². The van der Waals surface area contributed by atoms with E-state index in [4.69, 9.17) is 0 Å². The lowest BCUT2D eigenvalue weighted by molar-refractivity contribution is -0.166. The number of fused-ring (bicyclic) bond motifs is 2. The fourth-order valence-corrected chi connectivity index (χ4v) is 4.37. The topological polar surface area (TPSA) is 161 Å². The third-order valence-electron chi connectivity index (χ3n) is 4.48. The standard InChI is InChI=1S/C12H14N2O10S2/c1-25(19,20)23-13-9(15)5-3-7-8(4-6(5)10(13)16)12(18)14(11(7)17)24-26(2,21)22/h5-8H,3-4H2,1-2H3. The molecular weight excluding hydrogens is 396 g/mol. The summed E-state index contributed by atoms with van der Waals surface area (Å²) < 4.78 is 53.6. The van der Waals surface area contributed by atoms with Crippen molar-refractivity contribution in [2.45, 2.75) is 12.8 Å². The maximum Gasteiger partial charge on any atom is 0.285 e. The molecule has 3 rings (SSSR count). The molecule has 2 aliphatic heterocycles. The van der Waals surface area contributed by atoms with Gasteiger partial charge in [0.2, 0.25) is 0 Å². The molecule has 12 nitrogen and oxygen atoms in total. The molecule has 14 heteroatoms. The molecule has 3 fully saturated rings. The first kappa shape index (κ1) is 18.9. The number of hydrogen-bond acceptors (Lipinski definition) is 10. The van der Waals surface area contributed by atoms with E-state index in [0.717, 1.165) is 0 Å². The highest BCUT2D eigenvalue weighted by Gasteiger charge is 2.61. The second-order valence-electron chi connectivity index (χ2n) is 6.40. The van der Waals surface area contributed by atoms with Crippen molar-refractivity contribution in [3.8, 4) is 0 Å². The first-order chi connectivity index (χ1) is 11.8. The molecular formula is C12H14N2O10S2. The zero-order valence-corrected chi connectivity index (χ0v) is 15.2. The highest BCUT2D eigenvalue weighted by Crippen LogP contribution is 2.47. The maximum absolute atomic E-state index is 12.3. The smallest absolute Gasteiger partial charge is 0.272 e. The van der Waals surface area contributed by atoms with E-state index in [-0.39, 0.29) is 23.0 Å². The van der Waals surface area contributed by atoms with Gasteiger partial charge in [-0.2, -0.15) is 16.8 Å². The van der Waals surface area contributed by atoms with E-state index in [1.54, 1.807) is 0 Å². The van der Waals surface area contributed by atoms with Crippen molar-refractivity contribution >= 4 is 43.9 Å². The number of hydrogen-bond donors (Lipinski definition) is 0. The van der Waals surface area contributed by atoms with Crippen molar-refractivity contribution in [1.29, 1.82) is 0 Å². The average Bonchev–Trinajstić information content (AvgIpc) is 2.85. The molecule has 0 aromatic heterocycles. The third-order valence-corrected chi connectivity index (χ3v) is 5.32. The molecule has 0 N–H and O–H groups in total. The molecule has 1 saturated carbocycles. The van der Waals surface area contributed by atoms with Gasteiger partial charge in [-0.15, -0.1) is 18.7 Å². The summed E-state index contributed by atoms with van der Waals surface area (Å²) in [6.07, 6.45) is 0.880. The molecule has 0 spiro atoms. The number of hydroxylamine groups is 4. The first-order valence-corrected chi connectivity index (χ1v) is 11.0. The Hall–Kier alpha value is -1.90. The summed E-state index contributed by atoms with van der Waals surface area (Å²) in [5, 5.41) is 0.289. The summed E-state index contributed by atoms with van der Waals surface area (Å²) in [6.45, 7) is 0. The van der Waals surface area contributed by atoms with Crippen LogP contribution in [0.1, 0.15) is 12.8 Å². The van der Waals surface area contributed by atoms with Crippen molar-refractivity contribution in [2.24, 2.45) is 23.7 Å². The molecule has 0 aromatic rings. The van der Waals surface area contributed by atoms with E-state index < -0.39 is 67.5 Å². The van der Waals surface area contributed by atoms with Crippen LogP contribution in [0.25, 0.3) is 0 Å². The number of rotatable bonds is 4. The van der Waals surface area contributed by atoms with Crippen molar-refractivity contribution < 1.29 is 44.6 Å². The van der Waals surface area contributed by atoms with E-state index in [1.807, 2.05) is 0 Å². The van der Waals surface area contributed by atoms with Gasteiger partial charge < -0.3 is 0 Å². The summed E-state index contributed by atoms with van der Waals surface area (Å²) >= 11 is 0. The first-order valence-electron chi connectivity index (χ1n) is 7.35. The van der Waals surface area contributed by atoms with Crippen LogP contribution in [-0.4, -0.2) is 63.1 Å². The summed E-state index contributed by atoms with van der Waals surface area (Å²) in [4.78, 5) is 49.2. The fourth-order valence-electron chi connectivity index (χ4n) is 3.53. The van der Waals surface area contributed by atoms with Crippen LogP contribution in [0.4, 0.5) is 0 Å². The Bertz CT molecular complexity index is 808. The largest absolute Gasteiger partial charge is 0.285 e. The van der Waals surface area contributed by atoms with Crippen LogP contribution in [0, 0.1) is 23.7 Å². The van der Waals surface area contributed by atoms with Crippen LogP contribution in [-0.2, 0) is 48.0 Å². The molecule has 0 radical (unpaired) electrons. The van der Waals surface area contributed by atoms with Gasteiger partial charge >= 0.3 is 0 Å². The Morgan fingerprint density at radius 1 is 0.654 bits per heavy atom. The summed E-state index contributed by atoms with van der Waals surface area (Å²) in [5.41, 5.74) is 0. The van der Waals surface area contributed by atoms with Crippen molar-refractivity contribution in [3.63, 3.8) is 0 Å². The molecule has 1 aliphatic carbocycles. The molecule has 0 aromatic carbocycles. The van der Waals surface area contributed by atoms with E-state index in [1.165, 1.54) is 0 Å². The zero-order valence-electron chi connectivity index (χ0n) is 13.5. The quantitative estimate of drug-likeness (QED) is 0.463. The molecule has 2 heterocycles. The number of carbonyl (C=O) groups is 4. The van der Waals surface area contributed by atoms with Gasteiger partial charge in [0, 0.05) is 0 Å². The molecule has 4 amide bonds. The highest BCUT2D eigenvalue weighted by atomic mass is 32.2. The molecule has 144 valence electrons. The van der Waals surface area contributed by atoms with E-state index in [0.29, 0.717) is 12.5 Å². The normalized spacial score (nSPS) is 32.2. The minimum absolute atomic E-state index is 0.144. The number of imide groups is 2. The minimum Gasteiger partial charge on any atom is -0.272 e. The van der Waals surface area contributed by atoms with Gasteiger partial charge in [-0.25, -0.2) is 0 Å². The lowest BCUT2D eigenvalue weighted by Crippen LogP contribution is -2.35.